The number of hydrogen-bond acceptors (Lipinski definition) is 3. The number of carboxylic acid groups (broad SMARTS) is 1. The molecule has 6 heteroatoms. The number of fused-ring (bicyclic) bond motifs is 1. The number of carbonyl (C=O) groups is 1. The fraction of sp³-hybridized carbons (Fsp3) is 0.526. The van der Waals surface area contributed by atoms with E-state index in [0.717, 1.165) is 12.8 Å². The molecule has 2 saturated carbocycles. The molecule has 0 bridgehead atoms. The van der Waals surface area contributed by atoms with Crippen molar-refractivity contribution >= 4 is 16.0 Å². The highest BCUT2D eigenvalue weighted by atomic mass is 32.2. The van der Waals surface area contributed by atoms with Gasteiger partial charge in [-0.1, -0.05) is 30.4 Å². The maximum absolute atomic E-state index is 12.6. The minimum absolute atomic E-state index is 0.119. The van der Waals surface area contributed by atoms with Crippen LogP contribution < -0.4 is 4.72 Å². The fourth-order valence-corrected chi connectivity index (χ4v) is 5.59. The van der Waals surface area contributed by atoms with Gasteiger partial charge in [-0.2, -0.15) is 0 Å². The Morgan fingerprint density at radius 3 is 2.68 bits per heavy atom. The topological polar surface area (TPSA) is 83.5 Å². The smallest absolute Gasteiger partial charge is 0.306 e. The summed E-state index contributed by atoms with van der Waals surface area (Å²) >= 11 is 0. The van der Waals surface area contributed by atoms with Crippen molar-refractivity contribution in [3.63, 3.8) is 0 Å². The van der Waals surface area contributed by atoms with Crippen LogP contribution >= 0.6 is 0 Å². The molecule has 0 heterocycles. The molecule has 2 aliphatic rings. The second-order valence-corrected chi connectivity index (χ2v) is 8.82. The number of rotatable bonds is 8. The van der Waals surface area contributed by atoms with Crippen LogP contribution in [-0.2, 0) is 14.8 Å². The van der Waals surface area contributed by atoms with E-state index in [4.69, 9.17) is 0 Å². The molecule has 0 saturated heterocycles. The van der Waals surface area contributed by atoms with E-state index in [1.165, 1.54) is 0 Å². The van der Waals surface area contributed by atoms with Crippen LogP contribution in [0.5, 0.6) is 0 Å². The molecule has 2 fully saturated rings. The van der Waals surface area contributed by atoms with Crippen LogP contribution in [0.3, 0.4) is 0 Å². The van der Waals surface area contributed by atoms with Gasteiger partial charge in [-0.3, -0.25) is 4.79 Å². The number of carboxylic acids is 1. The summed E-state index contributed by atoms with van der Waals surface area (Å²) in [5, 5.41) is 9.70. The standard InChI is InChI=1S/C19H25NO4S/c1-2-3-5-10-15(19(21)22)18-16-11-13(16)12-17(18)20-25(23,24)14-8-6-4-7-9-14/h2-4,6-9,13,15-18,20H,5,10-12H2,1H3,(H,21,22)/b3-2-. The zero-order valence-corrected chi connectivity index (χ0v) is 15.2. The molecule has 2 N–H and O–H groups in total. The van der Waals surface area contributed by atoms with Gasteiger partial charge in [-0.25, -0.2) is 13.1 Å². The highest BCUT2D eigenvalue weighted by molar-refractivity contribution is 7.89. The first-order valence-corrected chi connectivity index (χ1v) is 10.3. The summed E-state index contributed by atoms with van der Waals surface area (Å²) in [6, 6.07) is 7.99. The van der Waals surface area contributed by atoms with E-state index in [1.54, 1.807) is 30.3 Å². The summed E-state index contributed by atoms with van der Waals surface area (Å²) in [5.41, 5.74) is 0. The van der Waals surface area contributed by atoms with Crippen molar-refractivity contribution in [1.29, 1.82) is 0 Å². The van der Waals surface area contributed by atoms with Crippen molar-refractivity contribution in [2.45, 2.75) is 43.5 Å². The Hall–Kier alpha value is -1.66. The van der Waals surface area contributed by atoms with Gasteiger partial charge in [0.15, 0.2) is 0 Å². The lowest BCUT2D eigenvalue weighted by molar-refractivity contribution is -0.144. The number of hydrogen-bond donors (Lipinski definition) is 2. The second-order valence-electron chi connectivity index (χ2n) is 7.10. The van der Waals surface area contributed by atoms with Crippen LogP contribution in [0.25, 0.3) is 0 Å². The normalized spacial score (nSPS) is 29.5. The van der Waals surface area contributed by atoms with E-state index in [0.29, 0.717) is 24.7 Å². The predicted molar refractivity (Wildman–Crippen MR) is 95.4 cm³/mol. The zero-order chi connectivity index (χ0) is 18.0. The van der Waals surface area contributed by atoms with Crippen molar-refractivity contribution in [2.75, 3.05) is 0 Å². The molecule has 5 atom stereocenters. The van der Waals surface area contributed by atoms with E-state index in [-0.39, 0.29) is 16.9 Å². The molecule has 3 rings (SSSR count). The van der Waals surface area contributed by atoms with Gasteiger partial charge in [0.1, 0.15) is 0 Å². The van der Waals surface area contributed by atoms with Gasteiger partial charge in [0.25, 0.3) is 0 Å². The van der Waals surface area contributed by atoms with Crippen LogP contribution in [0.1, 0.15) is 32.6 Å². The number of nitrogens with one attached hydrogen (secondary N) is 1. The van der Waals surface area contributed by atoms with Crippen LogP contribution in [0.4, 0.5) is 0 Å². The highest BCUT2D eigenvalue weighted by Crippen LogP contribution is 2.58. The largest absolute Gasteiger partial charge is 0.481 e. The summed E-state index contributed by atoms with van der Waals surface area (Å²) in [5.74, 6) is -0.624. The number of benzene rings is 1. The summed E-state index contributed by atoms with van der Waals surface area (Å²) < 4.78 is 28.1. The van der Waals surface area contributed by atoms with Gasteiger partial charge >= 0.3 is 5.97 Å². The van der Waals surface area contributed by atoms with Gasteiger partial charge < -0.3 is 5.11 Å². The Morgan fingerprint density at radius 1 is 1.32 bits per heavy atom. The first kappa shape index (κ1) is 18.1. The SMILES string of the molecule is C/C=C\CCC(C(=O)O)C1C(NS(=O)(=O)c2ccccc2)CC2CC21. The predicted octanol–water partition coefficient (Wildman–Crippen LogP) is 3.05. The quantitative estimate of drug-likeness (QED) is 0.695. The van der Waals surface area contributed by atoms with Crippen molar-refractivity contribution < 1.29 is 18.3 Å². The third-order valence-corrected chi connectivity index (χ3v) is 7.02. The van der Waals surface area contributed by atoms with Gasteiger partial charge in [-0.05, 0) is 62.5 Å². The van der Waals surface area contributed by atoms with Crippen molar-refractivity contribution in [1.82, 2.24) is 4.72 Å². The summed E-state index contributed by atoms with van der Waals surface area (Å²) in [6.45, 7) is 1.92. The lowest BCUT2D eigenvalue weighted by Gasteiger charge is -2.28. The lowest BCUT2D eigenvalue weighted by atomic mass is 9.82. The van der Waals surface area contributed by atoms with E-state index in [2.05, 4.69) is 4.72 Å². The van der Waals surface area contributed by atoms with Crippen LogP contribution in [-0.4, -0.2) is 25.5 Å². The van der Waals surface area contributed by atoms with Crippen molar-refractivity contribution in [2.24, 2.45) is 23.7 Å². The molecule has 5 nitrogen and oxygen atoms in total. The third kappa shape index (κ3) is 3.96. The summed E-state index contributed by atoms with van der Waals surface area (Å²) in [7, 11) is -3.62. The van der Waals surface area contributed by atoms with E-state index < -0.39 is 21.9 Å². The number of sulfonamides is 1. The molecule has 25 heavy (non-hydrogen) atoms. The van der Waals surface area contributed by atoms with E-state index >= 15 is 0 Å². The average Bonchev–Trinajstić information content (AvgIpc) is 3.25. The van der Waals surface area contributed by atoms with Crippen molar-refractivity contribution in [3.8, 4) is 0 Å². The molecule has 0 aliphatic heterocycles. The molecule has 1 aromatic rings. The van der Waals surface area contributed by atoms with E-state index in [1.807, 2.05) is 19.1 Å². The molecule has 0 spiro atoms. The molecular formula is C19H25NO4S. The van der Waals surface area contributed by atoms with Crippen LogP contribution in [0.2, 0.25) is 0 Å². The number of aliphatic carboxylic acids is 1. The second kappa shape index (κ2) is 7.30. The Bertz CT molecular complexity index is 744. The Balaban J connectivity index is 1.77. The molecule has 0 amide bonds. The van der Waals surface area contributed by atoms with Gasteiger partial charge in [0, 0.05) is 6.04 Å². The maximum Gasteiger partial charge on any atom is 0.306 e. The van der Waals surface area contributed by atoms with Gasteiger partial charge in [0.2, 0.25) is 10.0 Å². The minimum atomic E-state index is -3.62. The first-order valence-electron chi connectivity index (χ1n) is 8.85. The summed E-state index contributed by atoms with van der Waals surface area (Å²) in [4.78, 5) is 12.1. The Morgan fingerprint density at radius 2 is 2.04 bits per heavy atom. The molecule has 2 aliphatic carbocycles. The molecule has 1 aromatic carbocycles. The molecular weight excluding hydrogens is 338 g/mol. The lowest BCUT2D eigenvalue weighted by Crippen LogP contribution is -2.43. The summed E-state index contributed by atoms with van der Waals surface area (Å²) in [6.07, 6.45) is 6.93. The Kier molecular flexibility index (Phi) is 5.29. The first-order chi connectivity index (χ1) is 11.9. The maximum atomic E-state index is 12.6. The monoisotopic (exact) mass is 363 g/mol. The average molecular weight is 363 g/mol. The fourth-order valence-electron chi connectivity index (χ4n) is 4.29. The Labute approximate surface area is 149 Å². The minimum Gasteiger partial charge on any atom is -0.481 e. The molecule has 5 unspecified atom stereocenters. The number of allylic oxidation sites excluding steroid dienone is 2. The third-order valence-electron chi connectivity index (χ3n) is 5.51. The highest BCUT2D eigenvalue weighted by Gasteiger charge is 2.57. The van der Waals surface area contributed by atoms with E-state index in [9.17, 15) is 18.3 Å². The van der Waals surface area contributed by atoms with Crippen LogP contribution in [0, 0.1) is 23.7 Å². The van der Waals surface area contributed by atoms with Gasteiger partial charge in [-0.15, -0.1) is 0 Å². The molecule has 136 valence electrons. The molecule has 0 radical (unpaired) electrons. The molecule has 0 aromatic heterocycles. The van der Waals surface area contributed by atoms with Crippen LogP contribution in [0.15, 0.2) is 47.4 Å². The van der Waals surface area contributed by atoms with Gasteiger partial charge in [0.05, 0.1) is 10.8 Å². The zero-order valence-electron chi connectivity index (χ0n) is 14.3. The van der Waals surface area contributed by atoms with Crippen molar-refractivity contribution in [3.05, 3.63) is 42.5 Å².